The van der Waals surface area contributed by atoms with Gasteiger partial charge in [-0.1, -0.05) is 26.8 Å². The van der Waals surface area contributed by atoms with E-state index in [2.05, 4.69) is 31.7 Å². The molecule has 35 heavy (non-hydrogen) atoms. The number of imidazole rings is 1. The second-order valence-electron chi connectivity index (χ2n) is 11.2. The number of benzene rings is 1. The quantitative estimate of drug-likeness (QED) is 0.582. The second-order valence-corrected chi connectivity index (χ2v) is 11.2. The molecule has 4 heterocycles. The molecule has 2 aliphatic rings. The van der Waals surface area contributed by atoms with Crippen LogP contribution in [-0.2, 0) is 24.9 Å². The molecule has 0 unspecified atom stereocenters. The number of pyridine rings is 1. The molecule has 2 fully saturated rings. The number of piperazine rings is 1. The van der Waals surface area contributed by atoms with E-state index in [0.29, 0.717) is 35.5 Å². The van der Waals surface area contributed by atoms with Crippen LogP contribution in [0.5, 0.6) is 0 Å². The molecule has 3 aromatic rings. The predicted molar refractivity (Wildman–Crippen MR) is 135 cm³/mol. The predicted octanol–water partition coefficient (Wildman–Crippen LogP) is 3.12. The third kappa shape index (κ3) is 4.14. The molecular formula is C27H32N6O2. The van der Waals surface area contributed by atoms with Crippen LogP contribution < -0.4 is 5.69 Å². The number of carbonyl (C=O) groups excluding carboxylic acids is 1. The van der Waals surface area contributed by atoms with E-state index in [-0.39, 0.29) is 17.0 Å². The number of rotatable bonds is 4. The highest BCUT2D eigenvalue weighted by Crippen LogP contribution is 2.33. The van der Waals surface area contributed by atoms with Gasteiger partial charge in [-0.15, -0.1) is 0 Å². The van der Waals surface area contributed by atoms with E-state index in [1.54, 1.807) is 23.1 Å². The number of nitriles is 1. The Kier molecular flexibility index (Phi) is 5.56. The molecule has 1 aromatic carbocycles. The molecule has 5 rings (SSSR count). The number of nitrogens with zero attached hydrogens (tertiary/aromatic N) is 6. The van der Waals surface area contributed by atoms with Gasteiger partial charge in [-0.05, 0) is 41.7 Å². The van der Waals surface area contributed by atoms with Gasteiger partial charge in [-0.3, -0.25) is 18.8 Å². The van der Waals surface area contributed by atoms with Gasteiger partial charge in [0, 0.05) is 57.8 Å². The molecule has 2 atom stereocenters. The molecule has 8 heteroatoms. The zero-order valence-electron chi connectivity index (χ0n) is 21.1. The first-order chi connectivity index (χ1) is 16.6. The summed E-state index contributed by atoms with van der Waals surface area (Å²) in [5, 5.41) is 9.78. The number of hydrogen-bond donors (Lipinski definition) is 0. The Morgan fingerprint density at radius 1 is 1.17 bits per heavy atom. The lowest BCUT2D eigenvalue weighted by Crippen LogP contribution is -2.47. The van der Waals surface area contributed by atoms with Crippen LogP contribution in [0, 0.1) is 16.7 Å². The fourth-order valence-electron chi connectivity index (χ4n) is 5.61. The van der Waals surface area contributed by atoms with Gasteiger partial charge < -0.3 is 4.90 Å². The molecule has 0 N–H and O–H groups in total. The van der Waals surface area contributed by atoms with Crippen LogP contribution in [0.3, 0.4) is 0 Å². The van der Waals surface area contributed by atoms with Crippen LogP contribution in [0.1, 0.15) is 45.2 Å². The van der Waals surface area contributed by atoms with Crippen LogP contribution in [0.15, 0.2) is 35.1 Å². The molecule has 0 aliphatic carbocycles. The minimum atomic E-state index is -0.0856. The summed E-state index contributed by atoms with van der Waals surface area (Å²) in [4.78, 5) is 34.0. The summed E-state index contributed by atoms with van der Waals surface area (Å²) in [6.45, 7) is 11.0. The smallest absolute Gasteiger partial charge is 0.330 e. The normalized spacial score (nSPS) is 20.1. The highest BCUT2D eigenvalue weighted by atomic mass is 16.2. The number of fused-ring (bicyclic) bond motifs is 3. The summed E-state index contributed by atoms with van der Waals surface area (Å²) in [5.41, 5.74) is 4.42. The Morgan fingerprint density at radius 3 is 2.57 bits per heavy atom. The molecule has 0 radical (unpaired) electrons. The van der Waals surface area contributed by atoms with Crippen molar-refractivity contribution in [1.82, 2.24) is 23.9 Å². The number of amides is 1. The summed E-state index contributed by atoms with van der Waals surface area (Å²) in [6.07, 6.45) is 1.03. The maximum atomic E-state index is 12.9. The Labute approximate surface area is 205 Å². The largest absolute Gasteiger partial charge is 0.337 e. The van der Waals surface area contributed by atoms with Crippen molar-refractivity contribution >= 4 is 17.1 Å². The van der Waals surface area contributed by atoms with Gasteiger partial charge in [0.1, 0.15) is 0 Å². The Bertz CT molecular complexity index is 1420. The molecule has 0 spiro atoms. The van der Waals surface area contributed by atoms with E-state index in [4.69, 9.17) is 4.98 Å². The molecule has 2 saturated heterocycles. The zero-order chi connectivity index (χ0) is 25.1. The Morgan fingerprint density at radius 2 is 1.94 bits per heavy atom. The first-order valence-corrected chi connectivity index (χ1v) is 12.2. The molecule has 2 aliphatic heterocycles. The van der Waals surface area contributed by atoms with Crippen LogP contribution >= 0.6 is 0 Å². The Hall–Kier alpha value is -3.44. The van der Waals surface area contributed by atoms with Gasteiger partial charge in [-0.25, -0.2) is 9.78 Å². The fourth-order valence-corrected chi connectivity index (χ4v) is 5.61. The second kappa shape index (κ2) is 8.35. The van der Waals surface area contributed by atoms with Crippen LogP contribution in [0.4, 0.5) is 0 Å². The lowest BCUT2D eigenvalue weighted by atomic mass is 9.97. The van der Waals surface area contributed by atoms with Gasteiger partial charge in [0.15, 0.2) is 5.65 Å². The third-order valence-corrected chi connectivity index (χ3v) is 7.24. The molecular weight excluding hydrogens is 440 g/mol. The fraction of sp³-hybridized carbons (Fsp3) is 0.481. The minimum Gasteiger partial charge on any atom is -0.337 e. The number of likely N-dealkylation sites (tertiary alicyclic amines) is 2. The van der Waals surface area contributed by atoms with Crippen molar-refractivity contribution in [3.63, 3.8) is 0 Å². The number of aromatic nitrogens is 3. The summed E-state index contributed by atoms with van der Waals surface area (Å²) in [7, 11) is 1.75. The molecule has 1 amide bonds. The third-order valence-electron chi connectivity index (χ3n) is 7.24. The summed E-state index contributed by atoms with van der Waals surface area (Å²) < 4.78 is 3.36. The highest BCUT2D eigenvalue weighted by Gasteiger charge is 2.44. The first-order valence-electron chi connectivity index (χ1n) is 12.2. The van der Waals surface area contributed by atoms with Crippen molar-refractivity contribution < 1.29 is 4.79 Å². The zero-order valence-corrected chi connectivity index (χ0v) is 21.1. The number of aryl methyl sites for hydroxylation is 1. The van der Waals surface area contributed by atoms with Gasteiger partial charge in [0.25, 0.3) is 0 Å². The average molecular weight is 473 g/mol. The lowest BCUT2D eigenvalue weighted by molar-refractivity contribution is -0.131. The van der Waals surface area contributed by atoms with E-state index in [9.17, 15) is 14.9 Å². The van der Waals surface area contributed by atoms with Gasteiger partial charge in [-0.2, -0.15) is 5.26 Å². The SMILES string of the molecule is CC(=O)N1C[C@H]2C[C@@H]1CN2Cc1ccc(C#N)c(-c2ccc3c(n2)n(C)c(=O)n3CC(C)(C)C)c1. The van der Waals surface area contributed by atoms with Crippen molar-refractivity contribution in [2.45, 2.75) is 59.3 Å². The molecule has 2 aromatic heterocycles. The summed E-state index contributed by atoms with van der Waals surface area (Å²) in [5.74, 6) is 0.157. The molecule has 2 bridgehead atoms. The maximum Gasteiger partial charge on any atom is 0.330 e. The monoisotopic (exact) mass is 472 g/mol. The molecule has 182 valence electrons. The lowest BCUT2D eigenvalue weighted by Gasteiger charge is -2.33. The van der Waals surface area contributed by atoms with Crippen LogP contribution in [-0.4, -0.2) is 55.0 Å². The van der Waals surface area contributed by atoms with Crippen LogP contribution in [0.25, 0.3) is 22.4 Å². The molecule has 8 nitrogen and oxygen atoms in total. The number of hydrogen-bond acceptors (Lipinski definition) is 5. The van der Waals surface area contributed by atoms with Crippen molar-refractivity contribution in [1.29, 1.82) is 5.26 Å². The average Bonchev–Trinajstić information content (AvgIpc) is 3.47. The van der Waals surface area contributed by atoms with E-state index < -0.39 is 0 Å². The maximum absolute atomic E-state index is 12.9. The van der Waals surface area contributed by atoms with E-state index in [1.807, 2.05) is 35.2 Å². The van der Waals surface area contributed by atoms with Crippen LogP contribution in [0.2, 0.25) is 0 Å². The molecule has 0 saturated carbocycles. The first kappa shape index (κ1) is 23.3. The standard InChI is InChI=1S/C27H32N6O2/c1-17(34)32-15-20-11-21(32)14-31(20)13-18-6-7-19(12-28)22(10-18)23-8-9-24-25(29-23)30(5)26(35)33(24)16-27(2,3)4/h6-10,20-21H,11,13-16H2,1-5H3/t20-,21-/m1/s1. The van der Waals surface area contributed by atoms with Crippen molar-refractivity contribution in [3.8, 4) is 17.3 Å². The van der Waals surface area contributed by atoms with Gasteiger partial charge in [0.05, 0.1) is 22.8 Å². The van der Waals surface area contributed by atoms with E-state index in [0.717, 1.165) is 42.7 Å². The van der Waals surface area contributed by atoms with Crippen molar-refractivity contribution in [3.05, 3.63) is 51.9 Å². The van der Waals surface area contributed by atoms with E-state index in [1.165, 1.54) is 0 Å². The summed E-state index contributed by atoms with van der Waals surface area (Å²) >= 11 is 0. The highest BCUT2D eigenvalue weighted by molar-refractivity contribution is 5.78. The summed E-state index contributed by atoms with van der Waals surface area (Å²) in [6, 6.07) is 12.7. The number of carbonyl (C=O) groups is 1. The van der Waals surface area contributed by atoms with Gasteiger partial charge >= 0.3 is 5.69 Å². The van der Waals surface area contributed by atoms with Crippen molar-refractivity contribution in [2.75, 3.05) is 13.1 Å². The Balaban J connectivity index is 1.47. The topological polar surface area (TPSA) is 87.2 Å². The van der Waals surface area contributed by atoms with Gasteiger partial charge in [0.2, 0.25) is 5.91 Å². The minimum absolute atomic E-state index is 0.0461. The van der Waals surface area contributed by atoms with Crippen molar-refractivity contribution in [2.24, 2.45) is 12.5 Å². The van der Waals surface area contributed by atoms with E-state index >= 15 is 0 Å².